The Balaban J connectivity index is 2.88. The molecular formula is C8H12BSi. The predicted molar refractivity (Wildman–Crippen MR) is 51.3 cm³/mol. The molecule has 2 heteroatoms. The van der Waals surface area contributed by atoms with Gasteiger partial charge in [-0.15, -0.1) is 0 Å². The fraction of sp³-hybridized carbons (Fsp3) is 0.375. The van der Waals surface area contributed by atoms with Crippen LogP contribution in [0, 0.1) is 0 Å². The summed E-state index contributed by atoms with van der Waals surface area (Å²) in [5.41, 5.74) is 0.900. The van der Waals surface area contributed by atoms with E-state index in [-0.39, 0.29) is 0 Å². The molecule has 0 unspecified atom stereocenters. The fourth-order valence-electron chi connectivity index (χ4n) is 0.928. The van der Waals surface area contributed by atoms with E-state index in [0.29, 0.717) is 0 Å². The zero-order valence-electron chi connectivity index (χ0n) is 6.81. The minimum absolute atomic E-state index is 0.900. The van der Waals surface area contributed by atoms with Crippen LogP contribution in [0.4, 0.5) is 0 Å². The Labute approximate surface area is 64.7 Å². The van der Waals surface area contributed by atoms with Gasteiger partial charge in [-0.3, -0.25) is 0 Å². The molecule has 0 aromatic carbocycles. The molecule has 0 aromatic heterocycles. The van der Waals surface area contributed by atoms with Crippen LogP contribution >= 0.6 is 0 Å². The van der Waals surface area contributed by atoms with E-state index in [9.17, 15) is 0 Å². The van der Waals surface area contributed by atoms with E-state index in [1.165, 1.54) is 5.20 Å². The van der Waals surface area contributed by atoms with Crippen molar-refractivity contribution in [3.8, 4) is 0 Å². The monoisotopic (exact) mass is 147 g/mol. The first-order chi connectivity index (χ1) is 4.50. The van der Waals surface area contributed by atoms with Crippen LogP contribution in [-0.2, 0) is 0 Å². The molecule has 0 saturated heterocycles. The molecule has 0 nitrogen and oxygen atoms in total. The van der Waals surface area contributed by atoms with Gasteiger partial charge in [0, 0.05) is 0 Å². The van der Waals surface area contributed by atoms with Crippen molar-refractivity contribution in [2.75, 3.05) is 0 Å². The molecule has 0 aliphatic heterocycles. The van der Waals surface area contributed by atoms with Crippen molar-refractivity contribution < 1.29 is 0 Å². The van der Waals surface area contributed by atoms with Gasteiger partial charge < -0.3 is 0 Å². The maximum absolute atomic E-state index is 5.60. The Morgan fingerprint density at radius 3 is 2.00 bits per heavy atom. The summed E-state index contributed by atoms with van der Waals surface area (Å²) >= 11 is 0. The second-order valence-electron chi connectivity index (χ2n) is 3.68. The molecular weight excluding hydrogens is 135 g/mol. The van der Waals surface area contributed by atoms with E-state index in [1.54, 1.807) is 0 Å². The van der Waals surface area contributed by atoms with E-state index in [0.717, 1.165) is 5.46 Å². The number of allylic oxidation sites excluding steroid dienone is 4. The summed E-state index contributed by atoms with van der Waals surface area (Å²) in [6.07, 6.45) is 6.21. The Hall–Kier alpha value is -0.368. The third-order valence-electron chi connectivity index (χ3n) is 1.64. The van der Waals surface area contributed by atoms with Gasteiger partial charge in [0.1, 0.15) is 0 Å². The molecule has 1 aliphatic rings. The molecule has 0 amide bonds. The van der Waals surface area contributed by atoms with Crippen LogP contribution in [0.1, 0.15) is 0 Å². The normalized spacial score (nSPS) is 17.8. The Morgan fingerprint density at radius 1 is 1.20 bits per heavy atom. The van der Waals surface area contributed by atoms with Crippen molar-refractivity contribution in [3.05, 3.63) is 23.4 Å². The van der Waals surface area contributed by atoms with Gasteiger partial charge >= 0.3 is 64.1 Å². The van der Waals surface area contributed by atoms with Gasteiger partial charge in [0.05, 0.1) is 0 Å². The van der Waals surface area contributed by atoms with Crippen LogP contribution in [0.2, 0.25) is 19.6 Å². The van der Waals surface area contributed by atoms with Gasteiger partial charge in [-0.25, -0.2) is 0 Å². The van der Waals surface area contributed by atoms with Crippen molar-refractivity contribution in [1.29, 1.82) is 0 Å². The number of rotatable bonds is 1. The summed E-state index contributed by atoms with van der Waals surface area (Å²) in [5, 5.41) is 1.45. The Bertz CT molecular complexity index is 218. The standard InChI is InChI=1S/C8H12BSi/c1-10(2,3)8-5-4-7(9)6-8/h4-6H,1-3H3. The summed E-state index contributed by atoms with van der Waals surface area (Å²) in [6, 6.07) is 0. The van der Waals surface area contributed by atoms with Crippen LogP contribution in [-0.4, -0.2) is 21.0 Å². The summed E-state index contributed by atoms with van der Waals surface area (Å²) in [6.45, 7) is 6.96. The van der Waals surface area contributed by atoms with Gasteiger partial charge in [-0.1, -0.05) is 0 Å². The summed E-state index contributed by atoms with van der Waals surface area (Å²) in [4.78, 5) is 0. The molecule has 0 heterocycles. The Kier molecular flexibility index (Phi) is 1.82. The van der Waals surface area contributed by atoms with Crippen molar-refractivity contribution in [1.82, 2.24) is 0 Å². The van der Waals surface area contributed by atoms with Crippen LogP contribution in [0.15, 0.2) is 23.4 Å². The SMILES string of the molecule is [B]=C1C=CC([Si](C)(C)C)=C1. The average Bonchev–Trinajstić information content (AvgIpc) is 2.11. The number of hydrogen-bond donors (Lipinski definition) is 0. The summed E-state index contributed by atoms with van der Waals surface area (Å²) < 4.78 is 0. The first-order valence-corrected chi connectivity index (χ1v) is 7.03. The second kappa shape index (κ2) is 2.35. The quantitative estimate of drug-likeness (QED) is 0.495. The van der Waals surface area contributed by atoms with E-state index in [2.05, 4.69) is 31.8 Å². The molecule has 1 aliphatic carbocycles. The molecule has 0 aromatic rings. The van der Waals surface area contributed by atoms with Crippen molar-refractivity contribution in [3.63, 3.8) is 0 Å². The maximum atomic E-state index is 5.60. The van der Waals surface area contributed by atoms with Crippen LogP contribution < -0.4 is 0 Å². The van der Waals surface area contributed by atoms with Crippen molar-refractivity contribution in [2.45, 2.75) is 19.6 Å². The fourth-order valence-corrected chi connectivity index (χ4v) is 2.11. The van der Waals surface area contributed by atoms with Gasteiger partial charge in [-0.2, -0.15) is 0 Å². The van der Waals surface area contributed by atoms with Crippen LogP contribution in [0.3, 0.4) is 0 Å². The molecule has 0 saturated carbocycles. The van der Waals surface area contributed by atoms with E-state index < -0.39 is 8.07 Å². The zero-order valence-corrected chi connectivity index (χ0v) is 7.81. The molecule has 0 atom stereocenters. The Morgan fingerprint density at radius 2 is 1.80 bits per heavy atom. The molecule has 1 rings (SSSR count). The van der Waals surface area contributed by atoms with Gasteiger partial charge in [0.15, 0.2) is 0 Å². The topological polar surface area (TPSA) is 0 Å². The van der Waals surface area contributed by atoms with Crippen LogP contribution in [0.25, 0.3) is 0 Å². The van der Waals surface area contributed by atoms with Gasteiger partial charge in [-0.05, 0) is 0 Å². The molecule has 0 fully saturated rings. The predicted octanol–water partition coefficient (Wildman–Crippen LogP) is 1.70. The van der Waals surface area contributed by atoms with E-state index >= 15 is 0 Å². The third kappa shape index (κ3) is 1.57. The molecule has 0 bridgehead atoms. The molecule has 0 N–H and O–H groups in total. The van der Waals surface area contributed by atoms with Gasteiger partial charge in [0.25, 0.3) is 0 Å². The molecule has 51 valence electrons. The second-order valence-corrected chi connectivity index (χ2v) is 8.76. The average molecular weight is 147 g/mol. The summed E-state index contributed by atoms with van der Waals surface area (Å²) in [7, 11) is 4.51. The molecule has 1 radical (unpaired) electrons. The summed E-state index contributed by atoms with van der Waals surface area (Å²) in [5.74, 6) is 0. The zero-order chi connectivity index (χ0) is 7.78. The van der Waals surface area contributed by atoms with Crippen molar-refractivity contribution >= 4 is 21.0 Å². The van der Waals surface area contributed by atoms with E-state index in [1.807, 2.05) is 6.08 Å². The van der Waals surface area contributed by atoms with E-state index in [4.69, 9.17) is 7.49 Å². The number of hydrogen-bond acceptors (Lipinski definition) is 0. The molecule has 0 spiro atoms. The van der Waals surface area contributed by atoms with Crippen molar-refractivity contribution in [2.24, 2.45) is 0 Å². The van der Waals surface area contributed by atoms with Gasteiger partial charge in [0.2, 0.25) is 0 Å². The van der Waals surface area contributed by atoms with Crippen LogP contribution in [0.5, 0.6) is 0 Å². The molecule has 10 heavy (non-hydrogen) atoms. The third-order valence-corrected chi connectivity index (χ3v) is 3.69. The minimum atomic E-state index is -1.09. The first kappa shape index (κ1) is 7.74. The first-order valence-electron chi connectivity index (χ1n) is 3.53.